The van der Waals surface area contributed by atoms with Gasteiger partial charge in [0.2, 0.25) is 0 Å². The number of carbonyl (C=O) groups is 1. The highest BCUT2D eigenvalue weighted by atomic mass is 28.4. The number of pyridine rings is 1. The van der Waals surface area contributed by atoms with E-state index >= 15 is 0 Å². The largest absolute Gasteiger partial charge is 0.542 e. The highest BCUT2D eigenvalue weighted by Crippen LogP contribution is 2.37. The monoisotopic (exact) mass is 444 g/mol. The SMILES string of the molecule is CC(C)(C)[Si](C)(C)Oc1ccc(NC(=O)NC2CCN(c3ccc(F)cc3)CC2)nc1. The molecule has 168 valence electrons. The van der Waals surface area contributed by atoms with Crippen molar-refractivity contribution in [3.8, 4) is 5.75 Å². The molecule has 1 aliphatic heterocycles. The summed E-state index contributed by atoms with van der Waals surface area (Å²) in [5.74, 6) is 0.986. The van der Waals surface area contributed by atoms with Crippen LogP contribution in [-0.2, 0) is 0 Å². The molecule has 1 saturated heterocycles. The van der Waals surface area contributed by atoms with Crippen molar-refractivity contribution in [2.24, 2.45) is 0 Å². The molecule has 3 rings (SSSR count). The van der Waals surface area contributed by atoms with Gasteiger partial charge in [0.25, 0.3) is 8.32 Å². The number of anilines is 2. The predicted octanol–water partition coefficient (Wildman–Crippen LogP) is 5.40. The molecule has 0 radical (unpaired) electrons. The number of amides is 2. The van der Waals surface area contributed by atoms with E-state index in [9.17, 15) is 9.18 Å². The number of halogens is 1. The smallest absolute Gasteiger partial charge is 0.320 e. The zero-order valence-corrected chi connectivity index (χ0v) is 20.0. The molecule has 1 aromatic heterocycles. The van der Waals surface area contributed by atoms with E-state index < -0.39 is 8.32 Å². The first-order valence-electron chi connectivity index (χ1n) is 10.8. The van der Waals surface area contributed by atoms with E-state index in [1.165, 1.54) is 12.1 Å². The van der Waals surface area contributed by atoms with Gasteiger partial charge in [-0.25, -0.2) is 14.2 Å². The van der Waals surface area contributed by atoms with Gasteiger partial charge >= 0.3 is 6.03 Å². The van der Waals surface area contributed by atoms with Crippen molar-refractivity contribution in [2.45, 2.75) is 57.8 Å². The van der Waals surface area contributed by atoms with E-state index in [0.29, 0.717) is 5.82 Å². The van der Waals surface area contributed by atoms with E-state index in [2.05, 4.69) is 54.4 Å². The van der Waals surface area contributed by atoms with Gasteiger partial charge in [-0.15, -0.1) is 0 Å². The summed E-state index contributed by atoms with van der Waals surface area (Å²) in [7, 11) is -1.92. The van der Waals surface area contributed by atoms with Gasteiger partial charge in [-0.2, -0.15) is 0 Å². The first-order valence-corrected chi connectivity index (χ1v) is 13.7. The topological polar surface area (TPSA) is 66.5 Å². The summed E-state index contributed by atoms with van der Waals surface area (Å²) in [5.41, 5.74) is 1.01. The minimum atomic E-state index is -1.92. The second-order valence-corrected chi connectivity index (χ2v) is 14.3. The molecule has 0 atom stereocenters. The van der Waals surface area contributed by atoms with Gasteiger partial charge < -0.3 is 14.6 Å². The molecule has 0 spiro atoms. The fourth-order valence-corrected chi connectivity index (χ4v) is 4.25. The molecule has 8 heteroatoms. The fourth-order valence-electron chi connectivity index (χ4n) is 3.23. The van der Waals surface area contributed by atoms with Gasteiger partial charge in [0.15, 0.2) is 0 Å². The molecule has 31 heavy (non-hydrogen) atoms. The van der Waals surface area contributed by atoms with Crippen LogP contribution in [0.5, 0.6) is 5.75 Å². The number of hydrogen-bond donors (Lipinski definition) is 2. The van der Waals surface area contributed by atoms with Crippen LogP contribution in [0.4, 0.5) is 20.7 Å². The van der Waals surface area contributed by atoms with Crippen molar-refractivity contribution in [3.63, 3.8) is 0 Å². The minimum absolute atomic E-state index is 0.0953. The maximum absolute atomic E-state index is 13.1. The van der Waals surface area contributed by atoms with E-state index in [0.717, 1.165) is 37.4 Å². The van der Waals surface area contributed by atoms with E-state index in [1.54, 1.807) is 24.4 Å². The summed E-state index contributed by atoms with van der Waals surface area (Å²) >= 11 is 0. The van der Waals surface area contributed by atoms with Crippen molar-refractivity contribution < 1.29 is 13.6 Å². The quantitative estimate of drug-likeness (QED) is 0.607. The van der Waals surface area contributed by atoms with Crippen LogP contribution >= 0.6 is 0 Å². The Morgan fingerprint density at radius 1 is 1.13 bits per heavy atom. The lowest BCUT2D eigenvalue weighted by Crippen LogP contribution is -2.46. The number of rotatable bonds is 5. The first-order chi connectivity index (χ1) is 14.5. The highest BCUT2D eigenvalue weighted by molar-refractivity contribution is 6.74. The third-order valence-electron chi connectivity index (χ3n) is 6.18. The molecule has 0 bridgehead atoms. The molecule has 0 unspecified atom stereocenters. The fraction of sp³-hybridized carbons (Fsp3) is 0.478. The molecule has 1 aromatic carbocycles. The molecule has 0 aliphatic carbocycles. The van der Waals surface area contributed by atoms with Gasteiger partial charge in [-0.3, -0.25) is 5.32 Å². The third-order valence-corrected chi connectivity index (χ3v) is 10.5. The Kier molecular flexibility index (Phi) is 6.89. The number of benzene rings is 1. The molecule has 6 nitrogen and oxygen atoms in total. The minimum Gasteiger partial charge on any atom is -0.542 e. The van der Waals surface area contributed by atoms with Crippen molar-refractivity contribution in [1.29, 1.82) is 0 Å². The lowest BCUT2D eigenvalue weighted by atomic mass is 10.0. The maximum atomic E-state index is 13.1. The molecule has 2 amide bonds. The summed E-state index contributed by atoms with van der Waals surface area (Å²) in [6.07, 6.45) is 3.33. The molecule has 1 fully saturated rings. The van der Waals surface area contributed by atoms with Gasteiger partial charge in [0.1, 0.15) is 17.4 Å². The van der Waals surface area contributed by atoms with Gasteiger partial charge in [-0.05, 0) is 67.4 Å². The van der Waals surface area contributed by atoms with Crippen LogP contribution in [0.25, 0.3) is 0 Å². The molecular formula is C23H33FN4O2Si. The van der Waals surface area contributed by atoms with Crippen molar-refractivity contribution in [1.82, 2.24) is 10.3 Å². The molecule has 2 heterocycles. The van der Waals surface area contributed by atoms with E-state index in [4.69, 9.17) is 4.43 Å². The van der Waals surface area contributed by atoms with Gasteiger partial charge in [0, 0.05) is 24.8 Å². The maximum Gasteiger partial charge on any atom is 0.320 e. The molecular weight excluding hydrogens is 411 g/mol. The second-order valence-electron chi connectivity index (χ2n) is 9.58. The summed E-state index contributed by atoms with van der Waals surface area (Å²) in [4.78, 5) is 18.9. The number of nitrogens with zero attached hydrogens (tertiary/aromatic N) is 2. The summed E-state index contributed by atoms with van der Waals surface area (Å²) in [6.45, 7) is 12.6. The predicted molar refractivity (Wildman–Crippen MR) is 126 cm³/mol. The number of hydrogen-bond acceptors (Lipinski definition) is 4. The average Bonchev–Trinajstić information content (AvgIpc) is 2.70. The normalized spacial score (nSPS) is 15.5. The van der Waals surface area contributed by atoms with Gasteiger partial charge in [0.05, 0.1) is 6.20 Å². The highest BCUT2D eigenvalue weighted by Gasteiger charge is 2.39. The summed E-state index contributed by atoms with van der Waals surface area (Å²) < 4.78 is 19.3. The Hall–Kier alpha value is -2.61. The number of piperidine rings is 1. The van der Waals surface area contributed by atoms with Crippen LogP contribution in [0.1, 0.15) is 33.6 Å². The lowest BCUT2D eigenvalue weighted by Gasteiger charge is -2.36. The average molecular weight is 445 g/mol. The summed E-state index contributed by atoms with van der Waals surface area (Å²) in [6, 6.07) is 9.98. The Morgan fingerprint density at radius 3 is 2.32 bits per heavy atom. The van der Waals surface area contributed by atoms with Crippen molar-refractivity contribution in [3.05, 3.63) is 48.4 Å². The summed E-state index contributed by atoms with van der Waals surface area (Å²) in [5, 5.41) is 5.93. The van der Waals surface area contributed by atoms with E-state index in [-0.39, 0.29) is 22.9 Å². The first kappa shape index (κ1) is 23.1. The zero-order valence-electron chi connectivity index (χ0n) is 19.0. The Balaban J connectivity index is 1.46. The van der Waals surface area contributed by atoms with Crippen molar-refractivity contribution in [2.75, 3.05) is 23.3 Å². The molecule has 2 aromatic rings. The molecule has 2 N–H and O–H groups in total. The molecule has 1 aliphatic rings. The second kappa shape index (κ2) is 9.26. The molecule has 0 saturated carbocycles. The van der Waals surface area contributed by atoms with E-state index in [1.807, 2.05) is 6.07 Å². The lowest BCUT2D eigenvalue weighted by molar-refractivity contribution is 0.246. The van der Waals surface area contributed by atoms with Crippen LogP contribution in [0.3, 0.4) is 0 Å². The number of aromatic nitrogens is 1. The number of urea groups is 1. The number of nitrogens with one attached hydrogen (secondary N) is 2. The van der Waals surface area contributed by atoms with Crippen LogP contribution in [0.15, 0.2) is 42.6 Å². The Morgan fingerprint density at radius 2 is 1.77 bits per heavy atom. The van der Waals surface area contributed by atoms with Crippen molar-refractivity contribution >= 4 is 25.9 Å². The number of carbonyl (C=O) groups excluding carboxylic acids is 1. The Bertz CT molecular complexity index is 874. The zero-order chi connectivity index (χ0) is 22.6. The van der Waals surface area contributed by atoms with Crippen LogP contribution in [0.2, 0.25) is 18.1 Å². The van der Waals surface area contributed by atoms with Crippen LogP contribution < -0.4 is 20.0 Å². The standard InChI is InChI=1S/C23H33FN4O2Si/c1-23(2,3)31(4,5)30-20-10-11-21(25-16-20)27-22(29)26-18-12-14-28(15-13-18)19-8-6-17(24)7-9-19/h6-11,16,18H,12-15H2,1-5H3,(H2,25,26,27,29). The van der Waals surface area contributed by atoms with Crippen LogP contribution in [-0.4, -0.2) is 38.5 Å². The third kappa shape index (κ3) is 6.19. The van der Waals surface area contributed by atoms with Crippen LogP contribution in [0, 0.1) is 5.82 Å². The Labute approximate surface area is 185 Å². The van der Waals surface area contributed by atoms with Gasteiger partial charge in [-0.1, -0.05) is 20.8 Å².